The summed E-state index contributed by atoms with van der Waals surface area (Å²) in [5.74, 6) is -0.133. The first kappa shape index (κ1) is 14.5. The van der Waals surface area contributed by atoms with Crippen LogP contribution in [0.3, 0.4) is 0 Å². The number of piperidine rings is 1. The zero-order valence-corrected chi connectivity index (χ0v) is 11.6. The van der Waals surface area contributed by atoms with Crippen LogP contribution in [0.4, 0.5) is 5.69 Å². The number of rotatable bonds is 4. The molecule has 1 aliphatic rings. The fourth-order valence-electron chi connectivity index (χ4n) is 2.24. The molecule has 1 heterocycles. The number of anilines is 1. The lowest BCUT2D eigenvalue weighted by Crippen LogP contribution is -2.36. The van der Waals surface area contributed by atoms with Gasteiger partial charge in [-0.1, -0.05) is 12.1 Å². The fourth-order valence-corrected chi connectivity index (χ4v) is 2.24. The number of amides is 1. The molecule has 1 saturated heterocycles. The number of nitriles is 1. The number of hydrogen-bond donors (Lipinski definition) is 1. The van der Waals surface area contributed by atoms with E-state index in [2.05, 4.69) is 11.4 Å². The van der Waals surface area contributed by atoms with Crippen LogP contribution in [0.5, 0.6) is 0 Å². The van der Waals surface area contributed by atoms with Crippen molar-refractivity contribution < 1.29 is 9.53 Å². The van der Waals surface area contributed by atoms with E-state index in [1.165, 1.54) is 4.90 Å². The van der Waals surface area contributed by atoms with Gasteiger partial charge >= 0.3 is 0 Å². The van der Waals surface area contributed by atoms with Crippen LogP contribution in [0.2, 0.25) is 0 Å². The van der Waals surface area contributed by atoms with Gasteiger partial charge in [-0.25, -0.2) is 0 Å². The zero-order chi connectivity index (χ0) is 14.4. The first-order valence-electron chi connectivity index (χ1n) is 6.80. The molecule has 5 nitrogen and oxygen atoms in total. The van der Waals surface area contributed by atoms with Crippen molar-refractivity contribution in [3.63, 3.8) is 0 Å². The molecular weight excluding hydrogens is 254 g/mol. The molecule has 106 valence electrons. The van der Waals surface area contributed by atoms with Crippen LogP contribution in [-0.4, -0.2) is 38.8 Å². The molecule has 1 N–H and O–H groups in total. The van der Waals surface area contributed by atoms with Crippen molar-refractivity contribution in [1.29, 1.82) is 5.26 Å². The maximum atomic E-state index is 12.1. The van der Waals surface area contributed by atoms with Crippen LogP contribution in [-0.2, 0) is 9.53 Å². The van der Waals surface area contributed by atoms with E-state index in [1.54, 1.807) is 25.2 Å². The molecule has 20 heavy (non-hydrogen) atoms. The van der Waals surface area contributed by atoms with Crippen LogP contribution in [0.15, 0.2) is 24.3 Å². The lowest BCUT2D eigenvalue weighted by Gasteiger charge is -2.24. The van der Waals surface area contributed by atoms with E-state index in [9.17, 15) is 4.79 Å². The average molecular weight is 273 g/mol. The van der Waals surface area contributed by atoms with E-state index in [-0.39, 0.29) is 18.6 Å². The Morgan fingerprint density at radius 1 is 1.45 bits per heavy atom. The number of benzene rings is 1. The number of hydrogen-bond acceptors (Lipinski definition) is 4. The highest BCUT2D eigenvalue weighted by atomic mass is 16.5. The lowest BCUT2D eigenvalue weighted by atomic mass is 10.1. The minimum absolute atomic E-state index is 0.0565. The largest absolute Gasteiger partial charge is 0.368 e. The van der Waals surface area contributed by atoms with Gasteiger partial charge in [0.25, 0.3) is 5.91 Å². The third kappa shape index (κ3) is 3.56. The molecule has 0 aromatic heterocycles. The Kier molecular flexibility index (Phi) is 5.10. The molecule has 0 unspecified atom stereocenters. The van der Waals surface area contributed by atoms with Crippen molar-refractivity contribution in [1.82, 2.24) is 5.32 Å². The molecule has 0 spiro atoms. The molecule has 0 bridgehead atoms. The molecule has 2 rings (SSSR count). The smallest absolute Gasteiger partial charge is 0.252 e. The molecule has 0 radical (unpaired) electrons. The molecule has 1 aliphatic heterocycles. The minimum atomic E-state index is -0.133. The normalized spacial score (nSPS) is 15.6. The second-order valence-corrected chi connectivity index (χ2v) is 4.84. The molecule has 1 fully saturated rings. The van der Waals surface area contributed by atoms with E-state index in [0.717, 1.165) is 25.9 Å². The molecule has 0 atom stereocenters. The Morgan fingerprint density at radius 2 is 2.15 bits per heavy atom. The van der Waals surface area contributed by atoms with Crippen molar-refractivity contribution in [2.24, 2.45) is 0 Å². The Hall–Kier alpha value is -1.90. The number of likely N-dealkylation sites (N-methyl/N-ethyl adjacent to an activating group) is 1. The van der Waals surface area contributed by atoms with Crippen LogP contribution in [0.25, 0.3) is 0 Å². The molecular formula is C15H19N3O2. The summed E-state index contributed by atoms with van der Waals surface area (Å²) in [7, 11) is 1.67. The monoisotopic (exact) mass is 273 g/mol. The van der Waals surface area contributed by atoms with Crippen LogP contribution in [0, 0.1) is 11.3 Å². The van der Waals surface area contributed by atoms with Crippen molar-refractivity contribution >= 4 is 11.6 Å². The Labute approximate surface area is 119 Å². The summed E-state index contributed by atoms with van der Waals surface area (Å²) in [6.07, 6.45) is 2.03. The first-order chi connectivity index (χ1) is 9.72. The van der Waals surface area contributed by atoms with E-state index in [0.29, 0.717) is 11.3 Å². The SMILES string of the molecule is CN(C(=O)COC1CCNCC1)c1ccccc1C#N. The molecule has 1 amide bonds. The summed E-state index contributed by atoms with van der Waals surface area (Å²) in [6.45, 7) is 1.93. The van der Waals surface area contributed by atoms with Gasteiger partial charge in [0.1, 0.15) is 12.7 Å². The third-order valence-electron chi connectivity index (χ3n) is 3.49. The van der Waals surface area contributed by atoms with Gasteiger partial charge in [0.05, 0.1) is 17.4 Å². The molecule has 1 aromatic carbocycles. The van der Waals surface area contributed by atoms with Crippen molar-refractivity contribution in [3.8, 4) is 6.07 Å². The fraction of sp³-hybridized carbons (Fsp3) is 0.467. The van der Waals surface area contributed by atoms with Gasteiger partial charge in [0, 0.05) is 7.05 Å². The molecule has 5 heteroatoms. The van der Waals surface area contributed by atoms with Gasteiger partial charge in [-0.15, -0.1) is 0 Å². The number of nitrogens with zero attached hydrogens (tertiary/aromatic N) is 2. The van der Waals surface area contributed by atoms with E-state index in [1.807, 2.05) is 6.07 Å². The molecule has 0 saturated carbocycles. The molecule has 0 aliphatic carbocycles. The standard InChI is InChI=1S/C15H19N3O2/c1-18(14-5-3-2-4-12(14)10-16)15(19)11-20-13-6-8-17-9-7-13/h2-5,13,17H,6-9,11H2,1H3. The van der Waals surface area contributed by atoms with Crippen LogP contribution < -0.4 is 10.2 Å². The van der Waals surface area contributed by atoms with Gasteiger partial charge in [-0.2, -0.15) is 5.26 Å². The highest BCUT2D eigenvalue weighted by molar-refractivity contribution is 5.95. The highest BCUT2D eigenvalue weighted by Gasteiger charge is 2.18. The second kappa shape index (κ2) is 7.04. The second-order valence-electron chi connectivity index (χ2n) is 4.84. The van der Waals surface area contributed by atoms with Crippen LogP contribution in [0.1, 0.15) is 18.4 Å². The lowest BCUT2D eigenvalue weighted by molar-refractivity contribution is -0.125. The van der Waals surface area contributed by atoms with Gasteiger partial charge < -0.3 is 15.0 Å². The summed E-state index contributed by atoms with van der Waals surface area (Å²) in [5, 5.41) is 12.3. The van der Waals surface area contributed by atoms with E-state index < -0.39 is 0 Å². The van der Waals surface area contributed by atoms with Gasteiger partial charge in [0.15, 0.2) is 0 Å². The van der Waals surface area contributed by atoms with Crippen LogP contribution >= 0.6 is 0 Å². The maximum absolute atomic E-state index is 12.1. The number of para-hydroxylation sites is 1. The minimum Gasteiger partial charge on any atom is -0.368 e. The predicted octanol–water partition coefficient (Wildman–Crippen LogP) is 1.29. The Bertz CT molecular complexity index is 504. The summed E-state index contributed by atoms with van der Waals surface area (Å²) < 4.78 is 5.65. The Balaban J connectivity index is 1.93. The maximum Gasteiger partial charge on any atom is 0.252 e. The number of carbonyl (C=O) groups excluding carboxylic acids is 1. The summed E-state index contributed by atoms with van der Waals surface area (Å²) >= 11 is 0. The number of carbonyl (C=O) groups is 1. The highest BCUT2D eigenvalue weighted by Crippen LogP contribution is 2.18. The third-order valence-corrected chi connectivity index (χ3v) is 3.49. The molecule has 1 aromatic rings. The first-order valence-corrected chi connectivity index (χ1v) is 6.80. The topological polar surface area (TPSA) is 65.4 Å². The summed E-state index contributed by atoms with van der Waals surface area (Å²) in [4.78, 5) is 13.6. The Morgan fingerprint density at radius 3 is 2.85 bits per heavy atom. The summed E-state index contributed by atoms with van der Waals surface area (Å²) in [5.41, 5.74) is 1.11. The van der Waals surface area contributed by atoms with Gasteiger partial charge in [0.2, 0.25) is 0 Å². The van der Waals surface area contributed by atoms with E-state index >= 15 is 0 Å². The number of ether oxygens (including phenoxy) is 1. The van der Waals surface area contributed by atoms with E-state index in [4.69, 9.17) is 10.00 Å². The predicted molar refractivity (Wildman–Crippen MR) is 76.4 cm³/mol. The number of nitrogens with one attached hydrogen (secondary N) is 1. The van der Waals surface area contributed by atoms with Crippen molar-refractivity contribution in [2.45, 2.75) is 18.9 Å². The summed E-state index contributed by atoms with van der Waals surface area (Å²) in [6, 6.07) is 9.16. The van der Waals surface area contributed by atoms with Crippen molar-refractivity contribution in [2.75, 3.05) is 31.6 Å². The average Bonchev–Trinajstić information content (AvgIpc) is 2.52. The van der Waals surface area contributed by atoms with Gasteiger partial charge in [-0.05, 0) is 38.1 Å². The zero-order valence-electron chi connectivity index (χ0n) is 11.6. The van der Waals surface area contributed by atoms with Crippen molar-refractivity contribution in [3.05, 3.63) is 29.8 Å². The van der Waals surface area contributed by atoms with Gasteiger partial charge in [-0.3, -0.25) is 4.79 Å². The quantitative estimate of drug-likeness (QED) is 0.897.